The van der Waals surface area contributed by atoms with Crippen LogP contribution in [0.1, 0.15) is 12.8 Å². The SMILES string of the molecule is CCOC(=O)/C=C/C(=O)OCc1nc(-c2cccc(OC)c2)no1. The fraction of sp³-hybridized carbons (Fsp3) is 0.250. The fourth-order valence-electron chi connectivity index (χ4n) is 1.70. The van der Waals surface area contributed by atoms with Gasteiger partial charge < -0.3 is 18.7 Å². The quantitative estimate of drug-likeness (QED) is 0.560. The summed E-state index contributed by atoms with van der Waals surface area (Å²) >= 11 is 0. The van der Waals surface area contributed by atoms with Crippen LogP contribution in [0, 0.1) is 0 Å². The first-order chi connectivity index (χ1) is 11.6. The predicted octanol–water partition coefficient (Wildman–Crippen LogP) is 1.91. The molecule has 0 atom stereocenters. The molecule has 0 amide bonds. The highest BCUT2D eigenvalue weighted by molar-refractivity contribution is 5.91. The number of benzene rings is 1. The predicted molar refractivity (Wildman–Crippen MR) is 81.9 cm³/mol. The van der Waals surface area contributed by atoms with Crippen LogP contribution in [0.4, 0.5) is 0 Å². The number of methoxy groups -OCH3 is 1. The van der Waals surface area contributed by atoms with Crippen molar-refractivity contribution in [1.29, 1.82) is 0 Å². The zero-order chi connectivity index (χ0) is 17.4. The number of carbonyl (C=O) groups is 2. The number of carbonyl (C=O) groups excluding carboxylic acids is 2. The smallest absolute Gasteiger partial charge is 0.331 e. The Bertz CT molecular complexity index is 738. The normalized spacial score (nSPS) is 10.6. The molecule has 1 aromatic heterocycles. The summed E-state index contributed by atoms with van der Waals surface area (Å²) in [5, 5.41) is 3.81. The van der Waals surface area contributed by atoms with Crippen molar-refractivity contribution in [1.82, 2.24) is 10.1 Å². The maximum absolute atomic E-state index is 11.5. The molecule has 8 heteroatoms. The van der Waals surface area contributed by atoms with Crippen LogP contribution in [-0.4, -0.2) is 35.8 Å². The Morgan fingerprint density at radius 1 is 1.21 bits per heavy atom. The van der Waals surface area contributed by atoms with E-state index in [2.05, 4.69) is 14.9 Å². The largest absolute Gasteiger partial charge is 0.497 e. The van der Waals surface area contributed by atoms with E-state index >= 15 is 0 Å². The molecular weight excluding hydrogens is 316 g/mol. The van der Waals surface area contributed by atoms with Crippen molar-refractivity contribution < 1.29 is 28.3 Å². The lowest BCUT2D eigenvalue weighted by Gasteiger charge is -2.00. The molecule has 0 N–H and O–H groups in total. The minimum absolute atomic E-state index is 0.130. The van der Waals surface area contributed by atoms with Crippen molar-refractivity contribution in [2.75, 3.05) is 13.7 Å². The van der Waals surface area contributed by atoms with Crippen LogP contribution in [0.3, 0.4) is 0 Å². The molecular formula is C16H16N2O6. The molecule has 1 heterocycles. The van der Waals surface area contributed by atoms with Gasteiger partial charge in [0, 0.05) is 17.7 Å². The lowest BCUT2D eigenvalue weighted by Crippen LogP contribution is -2.04. The maximum Gasteiger partial charge on any atom is 0.331 e. The molecule has 0 radical (unpaired) electrons. The van der Waals surface area contributed by atoms with Crippen molar-refractivity contribution in [2.45, 2.75) is 13.5 Å². The van der Waals surface area contributed by atoms with E-state index < -0.39 is 11.9 Å². The monoisotopic (exact) mass is 332 g/mol. The lowest BCUT2D eigenvalue weighted by atomic mass is 10.2. The zero-order valence-corrected chi connectivity index (χ0v) is 13.2. The highest BCUT2D eigenvalue weighted by Gasteiger charge is 2.11. The molecule has 0 unspecified atom stereocenters. The molecule has 1 aromatic carbocycles. The van der Waals surface area contributed by atoms with Crippen LogP contribution in [0.5, 0.6) is 5.75 Å². The van der Waals surface area contributed by atoms with E-state index in [1.807, 2.05) is 0 Å². The van der Waals surface area contributed by atoms with Crippen molar-refractivity contribution in [3.05, 3.63) is 42.3 Å². The third-order valence-electron chi connectivity index (χ3n) is 2.78. The van der Waals surface area contributed by atoms with E-state index in [9.17, 15) is 9.59 Å². The van der Waals surface area contributed by atoms with Crippen molar-refractivity contribution in [2.24, 2.45) is 0 Å². The van der Waals surface area contributed by atoms with Gasteiger partial charge in [0.15, 0.2) is 6.61 Å². The molecule has 0 bridgehead atoms. The van der Waals surface area contributed by atoms with E-state index in [0.29, 0.717) is 17.1 Å². The summed E-state index contributed by atoms with van der Waals surface area (Å²) in [6.07, 6.45) is 1.96. The van der Waals surface area contributed by atoms with Crippen molar-refractivity contribution in [3.8, 4) is 17.1 Å². The van der Waals surface area contributed by atoms with E-state index in [-0.39, 0.29) is 19.1 Å². The molecule has 2 rings (SSSR count). The van der Waals surface area contributed by atoms with Gasteiger partial charge >= 0.3 is 11.9 Å². The Morgan fingerprint density at radius 2 is 1.96 bits per heavy atom. The second-order valence-corrected chi connectivity index (χ2v) is 4.44. The Morgan fingerprint density at radius 3 is 2.67 bits per heavy atom. The van der Waals surface area contributed by atoms with Crippen molar-refractivity contribution in [3.63, 3.8) is 0 Å². The Balaban J connectivity index is 1.92. The molecule has 24 heavy (non-hydrogen) atoms. The van der Waals surface area contributed by atoms with E-state index in [0.717, 1.165) is 12.2 Å². The van der Waals surface area contributed by atoms with Gasteiger partial charge in [0.25, 0.3) is 5.89 Å². The minimum atomic E-state index is -0.718. The molecule has 0 saturated carbocycles. The average Bonchev–Trinajstić information content (AvgIpc) is 3.07. The van der Waals surface area contributed by atoms with Gasteiger partial charge in [0.1, 0.15) is 5.75 Å². The number of esters is 2. The Kier molecular flexibility index (Phi) is 6.07. The topological polar surface area (TPSA) is 101 Å². The van der Waals surface area contributed by atoms with Crippen LogP contribution in [0.25, 0.3) is 11.4 Å². The third-order valence-corrected chi connectivity index (χ3v) is 2.78. The van der Waals surface area contributed by atoms with Gasteiger partial charge in [-0.25, -0.2) is 9.59 Å². The molecule has 0 aliphatic rings. The van der Waals surface area contributed by atoms with Crippen LogP contribution in [0.2, 0.25) is 0 Å². The maximum atomic E-state index is 11.5. The molecule has 0 aliphatic carbocycles. The summed E-state index contributed by atoms with van der Waals surface area (Å²) in [6.45, 7) is 1.69. The summed E-state index contributed by atoms with van der Waals surface area (Å²) in [5.41, 5.74) is 0.706. The van der Waals surface area contributed by atoms with E-state index in [4.69, 9.17) is 14.0 Å². The summed E-state index contributed by atoms with van der Waals surface area (Å²) < 4.78 is 19.7. The fourth-order valence-corrected chi connectivity index (χ4v) is 1.70. The van der Waals surface area contributed by atoms with Gasteiger partial charge in [0.05, 0.1) is 13.7 Å². The molecule has 0 saturated heterocycles. The average molecular weight is 332 g/mol. The molecule has 0 fully saturated rings. The third kappa shape index (κ3) is 4.94. The second-order valence-electron chi connectivity index (χ2n) is 4.44. The molecule has 126 valence electrons. The van der Waals surface area contributed by atoms with Crippen molar-refractivity contribution >= 4 is 11.9 Å². The summed E-state index contributed by atoms with van der Waals surface area (Å²) in [5.74, 6) is -0.196. The highest BCUT2D eigenvalue weighted by atomic mass is 16.6. The van der Waals surface area contributed by atoms with E-state index in [1.165, 1.54) is 0 Å². The number of hydrogen-bond acceptors (Lipinski definition) is 8. The standard InChI is InChI=1S/C16H16N2O6/c1-3-22-14(19)7-8-15(20)23-10-13-17-16(18-24-13)11-5-4-6-12(9-11)21-2/h4-9H,3,10H2,1-2H3/b8-7+. The Labute approximate surface area is 138 Å². The van der Waals surface area contributed by atoms with E-state index in [1.54, 1.807) is 38.3 Å². The van der Waals surface area contributed by atoms with Crippen LogP contribution >= 0.6 is 0 Å². The summed E-state index contributed by atoms with van der Waals surface area (Å²) in [6, 6.07) is 7.14. The highest BCUT2D eigenvalue weighted by Crippen LogP contribution is 2.21. The number of rotatable bonds is 7. The van der Waals surface area contributed by atoms with Crippen LogP contribution < -0.4 is 4.74 Å². The molecule has 0 aliphatic heterocycles. The van der Waals surface area contributed by atoms with Gasteiger partial charge in [-0.15, -0.1) is 0 Å². The zero-order valence-electron chi connectivity index (χ0n) is 13.2. The summed E-state index contributed by atoms with van der Waals surface area (Å²) in [4.78, 5) is 26.7. The Hall–Kier alpha value is -3.16. The number of ether oxygens (including phenoxy) is 3. The molecule has 2 aromatic rings. The van der Waals surface area contributed by atoms with Gasteiger partial charge in [0.2, 0.25) is 5.82 Å². The van der Waals surface area contributed by atoms with Crippen LogP contribution in [-0.2, 0) is 25.7 Å². The number of nitrogens with zero attached hydrogens (tertiary/aromatic N) is 2. The first kappa shape index (κ1) is 17.2. The number of hydrogen-bond donors (Lipinski definition) is 0. The van der Waals surface area contributed by atoms with Gasteiger partial charge in [-0.05, 0) is 19.1 Å². The second kappa shape index (κ2) is 8.47. The van der Waals surface area contributed by atoms with Crippen LogP contribution in [0.15, 0.2) is 40.9 Å². The van der Waals surface area contributed by atoms with Gasteiger partial charge in [-0.3, -0.25) is 0 Å². The lowest BCUT2D eigenvalue weighted by molar-refractivity contribution is -0.141. The first-order valence-corrected chi connectivity index (χ1v) is 7.11. The number of aromatic nitrogens is 2. The molecule has 0 spiro atoms. The minimum Gasteiger partial charge on any atom is -0.497 e. The molecule has 8 nitrogen and oxygen atoms in total. The van der Waals surface area contributed by atoms with Gasteiger partial charge in [-0.2, -0.15) is 4.98 Å². The van der Waals surface area contributed by atoms with Gasteiger partial charge in [-0.1, -0.05) is 17.3 Å². The summed E-state index contributed by atoms with van der Waals surface area (Å²) in [7, 11) is 1.56. The first-order valence-electron chi connectivity index (χ1n) is 7.11.